The summed E-state index contributed by atoms with van der Waals surface area (Å²) in [6.07, 6.45) is 1.10. The molecule has 0 saturated carbocycles. The lowest BCUT2D eigenvalue weighted by molar-refractivity contribution is -0.144. The van der Waals surface area contributed by atoms with Crippen LogP contribution in [0.15, 0.2) is 14.7 Å². The van der Waals surface area contributed by atoms with E-state index in [9.17, 15) is 18.3 Å². The van der Waals surface area contributed by atoms with Crippen molar-refractivity contribution in [1.82, 2.24) is 4.31 Å². The monoisotopic (exact) mass is 381 g/mol. The molecule has 0 spiro atoms. The van der Waals surface area contributed by atoms with E-state index in [0.29, 0.717) is 24.3 Å². The van der Waals surface area contributed by atoms with E-state index in [1.165, 1.54) is 15.6 Å². The smallest absolute Gasteiger partial charge is 0.308 e. The number of piperidine rings is 1. The summed E-state index contributed by atoms with van der Waals surface area (Å²) in [5, 5.41) is 9.19. The van der Waals surface area contributed by atoms with Gasteiger partial charge in [0.2, 0.25) is 10.0 Å². The Morgan fingerprint density at radius 1 is 1.55 bits per heavy atom. The second-order valence-corrected chi connectivity index (χ2v) is 9.41. The van der Waals surface area contributed by atoms with E-state index in [2.05, 4.69) is 15.9 Å². The normalized spacial score (nSPS) is 24.8. The fourth-order valence-corrected chi connectivity index (χ4v) is 6.68. The number of carboxylic acid groups (broad SMARTS) is 1. The third-order valence-electron chi connectivity index (χ3n) is 3.68. The summed E-state index contributed by atoms with van der Waals surface area (Å²) in [6.45, 7) is 3.80. The number of sulfonamides is 1. The SMILES string of the molecule is Cc1sc(Br)cc1S(=O)(=O)N1CCC[C@@H](C(=O)O)[C@H]1C. The molecule has 20 heavy (non-hydrogen) atoms. The Morgan fingerprint density at radius 3 is 2.70 bits per heavy atom. The van der Waals surface area contributed by atoms with E-state index in [-0.39, 0.29) is 4.90 Å². The van der Waals surface area contributed by atoms with Gasteiger partial charge in [0.25, 0.3) is 0 Å². The zero-order chi connectivity index (χ0) is 15.1. The Hall–Kier alpha value is -0.440. The summed E-state index contributed by atoms with van der Waals surface area (Å²) >= 11 is 4.65. The van der Waals surface area contributed by atoms with Gasteiger partial charge in [-0.25, -0.2) is 8.42 Å². The fraction of sp³-hybridized carbons (Fsp3) is 0.583. The highest BCUT2D eigenvalue weighted by Gasteiger charge is 2.40. The maximum atomic E-state index is 12.7. The van der Waals surface area contributed by atoms with Crippen LogP contribution in [-0.4, -0.2) is 36.4 Å². The molecule has 0 radical (unpaired) electrons. The van der Waals surface area contributed by atoms with Gasteiger partial charge in [-0.15, -0.1) is 11.3 Å². The van der Waals surface area contributed by atoms with E-state index in [1.807, 2.05) is 0 Å². The molecular weight excluding hydrogens is 366 g/mol. The van der Waals surface area contributed by atoms with Crippen molar-refractivity contribution in [1.29, 1.82) is 0 Å². The number of nitrogens with zero attached hydrogens (tertiary/aromatic N) is 1. The molecule has 1 saturated heterocycles. The first kappa shape index (κ1) is 15.9. The summed E-state index contributed by atoms with van der Waals surface area (Å²) in [5.74, 6) is -1.57. The zero-order valence-electron chi connectivity index (χ0n) is 11.2. The summed E-state index contributed by atoms with van der Waals surface area (Å²) < 4.78 is 27.5. The van der Waals surface area contributed by atoms with Crippen molar-refractivity contribution in [2.24, 2.45) is 5.92 Å². The van der Waals surface area contributed by atoms with Crippen LogP contribution in [0.2, 0.25) is 0 Å². The standard InChI is InChI=1S/C12H16BrNO4S2/c1-7-9(12(15)16)4-3-5-14(7)20(17,18)10-6-11(13)19-8(10)2/h6-7,9H,3-5H2,1-2H3,(H,15,16)/t7-,9-/m1/s1. The molecule has 2 heterocycles. The number of rotatable bonds is 3. The van der Waals surface area contributed by atoms with Crippen molar-refractivity contribution in [2.45, 2.75) is 37.6 Å². The molecule has 1 aromatic heterocycles. The molecule has 5 nitrogen and oxygen atoms in total. The number of hydrogen-bond donors (Lipinski definition) is 1. The molecule has 0 amide bonds. The largest absolute Gasteiger partial charge is 0.481 e. The third-order valence-corrected chi connectivity index (χ3v) is 7.47. The molecule has 0 bridgehead atoms. The van der Waals surface area contributed by atoms with Crippen LogP contribution in [-0.2, 0) is 14.8 Å². The summed E-state index contributed by atoms with van der Waals surface area (Å²) in [4.78, 5) is 12.2. The van der Waals surface area contributed by atoms with E-state index in [1.54, 1.807) is 19.9 Å². The topological polar surface area (TPSA) is 74.7 Å². The third kappa shape index (κ3) is 2.79. The Kier molecular flexibility index (Phi) is 4.58. The number of carbonyl (C=O) groups is 1. The van der Waals surface area contributed by atoms with Crippen molar-refractivity contribution in [3.8, 4) is 0 Å². The van der Waals surface area contributed by atoms with Crippen LogP contribution in [0.4, 0.5) is 0 Å². The van der Waals surface area contributed by atoms with Crippen LogP contribution in [0.1, 0.15) is 24.6 Å². The van der Waals surface area contributed by atoms with Crippen molar-refractivity contribution >= 4 is 43.3 Å². The summed E-state index contributed by atoms with van der Waals surface area (Å²) in [7, 11) is -3.64. The van der Waals surface area contributed by atoms with Crippen molar-refractivity contribution in [2.75, 3.05) is 6.54 Å². The maximum Gasteiger partial charge on any atom is 0.308 e. The molecule has 2 atom stereocenters. The summed E-state index contributed by atoms with van der Waals surface area (Å²) in [6, 6.07) is 1.07. The average molecular weight is 382 g/mol. The molecule has 1 aliphatic heterocycles. The van der Waals surface area contributed by atoms with Crippen LogP contribution in [0.25, 0.3) is 0 Å². The van der Waals surface area contributed by atoms with Gasteiger partial charge in [0, 0.05) is 17.5 Å². The highest BCUT2D eigenvalue weighted by Crippen LogP contribution is 2.35. The molecule has 1 aliphatic rings. The Bertz CT molecular complexity index is 625. The predicted molar refractivity (Wildman–Crippen MR) is 80.5 cm³/mol. The highest BCUT2D eigenvalue weighted by molar-refractivity contribution is 9.11. The van der Waals surface area contributed by atoms with Crippen LogP contribution >= 0.6 is 27.3 Å². The fourth-order valence-electron chi connectivity index (χ4n) is 2.59. The molecule has 0 aliphatic carbocycles. The van der Waals surface area contributed by atoms with Gasteiger partial charge in [-0.1, -0.05) is 0 Å². The Balaban J connectivity index is 2.39. The van der Waals surface area contributed by atoms with Crippen LogP contribution in [0.5, 0.6) is 0 Å². The van der Waals surface area contributed by atoms with E-state index in [4.69, 9.17) is 0 Å². The lowest BCUT2D eigenvalue weighted by Crippen LogP contribution is -2.49. The average Bonchev–Trinajstić information content (AvgIpc) is 2.68. The van der Waals surface area contributed by atoms with Crippen LogP contribution in [0.3, 0.4) is 0 Å². The van der Waals surface area contributed by atoms with E-state index < -0.39 is 28.0 Å². The second kappa shape index (κ2) is 5.75. The Labute approximate surface area is 130 Å². The number of hydrogen-bond acceptors (Lipinski definition) is 4. The molecule has 112 valence electrons. The lowest BCUT2D eigenvalue weighted by Gasteiger charge is -2.36. The first-order valence-electron chi connectivity index (χ1n) is 6.25. The first-order chi connectivity index (χ1) is 9.25. The molecule has 1 aromatic rings. The minimum Gasteiger partial charge on any atom is -0.481 e. The van der Waals surface area contributed by atoms with Crippen molar-refractivity contribution < 1.29 is 18.3 Å². The van der Waals surface area contributed by atoms with Gasteiger partial charge in [0.1, 0.15) is 0 Å². The minimum atomic E-state index is -3.64. The molecule has 2 rings (SSSR count). The van der Waals surface area contributed by atoms with Crippen molar-refractivity contribution in [3.05, 3.63) is 14.7 Å². The quantitative estimate of drug-likeness (QED) is 0.872. The summed E-state index contributed by atoms with van der Waals surface area (Å²) in [5.41, 5.74) is 0. The minimum absolute atomic E-state index is 0.271. The number of thiophene rings is 1. The van der Waals surface area contributed by atoms with Crippen LogP contribution < -0.4 is 0 Å². The molecule has 1 N–H and O–H groups in total. The highest BCUT2D eigenvalue weighted by atomic mass is 79.9. The zero-order valence-corrected chi connectivity index (χ0v) is 14.4. The van der Waals surface area contributed by atoms with E-state index in [0.717, 1.165) is 3.79 Å². The van der Waals surface area contributed by atoms with Gasteiger partial charge >= 0.3 is 5.97 Å². The van der Waals surface area contributed by atoms with Gasteiger partial charge in [-0.05, 0) is 48.7 Å². The lowest BCUT2D eigenvalue weighted by atomic mass is 9.92. The predicted octanol–water partition coefficient (Wildman–Crippen LogP) is 2.69. The molecule has 0 aromatic carbocycles. The Morgan fingerprint density at radius 2 is 2.20 bits per heavy atom. The number of aliphatic carboxylic acids is 1. The van der Waals surface area contributed by atoms with Gasteiger partial charge in [-0.2, -0.15) is 4.31 Å². The number of aryl methyl sites for hydroxylation is 1. The first-order valence-corrected chi connectivity index (χ1v) is 9.30. The van der Waals surface area contributed by atoms with Gasteiger partial charge in [0.05, 0.1) is 14.6 Å². The number of halogens is 1. The molecule has 0 unspecified atom stereocenters. The maximum absolute atomic E-state index is 12.7. The van der Waals surface area contributed by atoms with Gasteiger partial charge in [-0.3, -0.25) is 4.79 Å². The molecule has 8 heteroatoms. The van der Waals surface area contributed by atoms with Crippen molar-refractivity contribution in [3.63, 3.8) is 0 Å². The van der Waals surface area contributed by atoms with Crippen LogP contribution in [0, 0.1) is 12.8 Å². The second-order valence-electron chi connectivity index (χ2n) is 4.91. The van der Waals surface area contributed by atoms with Gasteiger partial charge < -0.3 is 5.11 Å². The van der Waals surface area contributed by atoms with Gasteiger partial charge in [0.15, 0.2) is 0 Å². The van der Waals surface area contributed by atoms with E-state index >= 15 is 0 Å². The molecule has 1 fully saturated rings. The number of carboxylic acids is 1. The molecular formula is C12H16BrNO4S2.